The van der Waals surface area contributed by atoms with E-state index in [0.29, 0.717) is 24.9 Å². The molecule has 0 aromatic heterocycles. The highest BCUT2D eigenvalue weighted by Crippen LogP contribution is 2.04. The van der Waals surface area contributed by atoms with Gasteiger partial charge < -0.3 is 10.0 Å². The molecule has 0 heterocycles. The quantitative estimate of drug-likeness (QED) is 0.536. The molecule has 0 aliphatic carbocycles. The van der Waals surface area contributed by atoms with Gasteiger partial charge in [-0.1, -0.05) is 27.7 Å². The summed E-state index contributed by atoms with van der Waals surface area (Å²) < 4.78 is 0. The number of carbonyl (C=O) groups is 1. The van der Waals surface area contributed by atoms with Crippen molar-refractivity contribution >= 4 is 11.8 Å². The number of amidine groups is 1. The van der Waals surface area contributed by atoms with Crippen LogP contribution in [-0.4, -0.2) is 34.9 Å². The summed E-state index contributed by atoms with van der Waals surface area (Å²) >= 11 is 0. The third kappa shape index (κ3) is 4.84. The SMILES string of the molecule is CC(C)CN(CC(C)C)C(=N)C(=O)O. The monoisotopic (exact) mass is 200 g/mol. The van der Waals surface area contributed by atoms with E-state index in [2.05, 4.69) is 0 Å². The lowest BCUT2D eigenvalue weighted by Crippen LogP contribution is -2.40. The van der Waals surface area contributed by atoms with Gasteiger partial charge in [-0.25, -0.2) is 4.79 Å². The molecule has 0 aliphatic rings. The first-order chi connectivity index (χ1) is 6.34. The first kappa shape index (κ1) is 12.9. The molecule has 0 aromatic carbocycles. The van der Waals surface area contributed by atoms with E-state index in [1.807, 2.05) is 27.7 Å². The Balaban J connectivity index is 4.38. The lowest BCUT2D eigenvalue weighted by molar-refractivity contribution is -0.130. The first-order valence-electron chi connectivity index (χ1n) is 4.91. The number of hydrogen-bond acceptors (Lipinski definition) is 2. The minimum Gasteiger partial charge on any atom is -0.475 e. The predicted molar refractivity (Wildman–Crippen MR) is 56.6 cm³/mol. The fourth-order valence-electron chi connectivity index (χ4n) is 1.27. The lowest BCUT2D eigenvalue weighted by atomic mass is 10.1. The van der Waals surface area contributed by atoms with Crippen LogP contribution in [0.15, 0.2) is 0 Å². The molecule has 0 aromatic rings. The maximum absolute atomic E-state index is 10.6. The standard InChI is InChI=1S/C10H20N2O2/c1-7(2)5-12(6-8(3)4)9(11)10(13)14/h7-8,11H,5-6H2,1-4H3,(H,13,14). The summed E-state index contributed by atoms with van der Waals surface area (Å²) in [6.45, 7) is 9.32. The maximum atomic E-state index is 10.6. The Hall–Kier alpha value is -1.06. The van der Waals surface area contributed by atoms with Gasteiger partial charge in [0, 0.05) is 13.1 Å². The predicted octanol–water partition coefficient (Wildman–Crippen LogP) is 1.66. The number of hydrogen-bond donors (Lipinski definition) is 2. The second kappa shape index (κ2) is 5.62. The van der Waals surface area contributed by atoms with Crippen molar-refractivity contribution in [1.29, 1.82) is 5.41 Å². The van der Waals surface area contributed by atoms with Crippen molar-refractivity contribution in [3.63, 3.8) is 0 Å². The summed E-state index contributed by atoms with van der Waals surface area (Å²) in [5.74, 6) is -0.708. The molecule has 14 heavy (non-hydrogen) atoms. The molecule has 0 bridgehead atoms. The summed E-state index contributed by atoms with van der Waals surface area (Å²) in [6, 6.07) is 0. The van der Waals surface area contributed by atoms with E-state index < -0.39 is 5.97 Å². The van der Waals surface area contributed by atoms with Crippen LogP contribution >= 0.6 is 0 Å². The van der Waals surface area contributed by atoms with Gasteiger partial charge in [-0.3, -0.25) is 5.41 Å². The fourth-order valence-corrected chi connectivity index (χ4v) is 1.27. The molecule has 0 fully saturated rings. The minimum atomic E-state index is -1.15. The average Bonchev–Trinajstić information content (AvgIpc) is 1.99. The van der Waals surface area contributed by atoms with E-state index in [1.54, 1.807) is 4.90 Å². The van der Waals surface area contributed by atoms with E-state index in [0.717, 1.165) is 0 Å². The Morgan fingerprint density at radius 2 is 1.57 bits per heavy atom. The number of carboxylic acid groups (broad SMARTS) is 1. The minimum absolute atomic E-state index is 0.299. The number of rotatable bonds is 4. The zero-order valence-corrected chi connectivity index (χ0v) is 9.37. The second-order valence-corrected chi connectivity index (χ2v) is 4.35. The topological polar surface area (TPSA) is 64.4 Å². The molecular formula is C10H20N2O2. The number of nitrogens with one attached hydrogen (secondary N) is 1. The van der Waals surface area contributed by atoms with Crippen molar-refractivity contribution in [2.45, 2.75) is 27.7 Å². The smallest absolute Gasteiger partial charge is 0.371 e. The van der Waals surface area contributed by atoms with E-state index >= 15 is 0 Å². The van der Waals surface area contributed by atoms with Gasteiger partial charge in [-0.2, -0.15) is 0 Å². The molecule has 82 valence electrons. The van der Waals surface area contributed by atoms with Gasteiger partial charge in [0.2, 0.25) is 5.84 Å². The Labute approximate surface area is 85.4 Å². The van der Waals surface area contributed by atoms with Crippen LogP contribution in [0.25, 0.3) is 0 Å². The van der Waals surface area contributed by atoms with Crippen molar-refractivity contribution < 1.29 is 9.90 Å². The lowest BCUT2D eigenvalue weighted by Gasteiger charge is -2.26. The summed E-state index contributed by atoms with van der Waals surface area (Å²) in [4.78, 5) is 12.3. The van der Waals surface area contributed by atoms with E-state index in [9.17, 15) is 4.79 Å². The third-order valence-corrected chi connectivity index (χ3v) is 1.69. The summed E-state index contributed by atoms with van der Waals surface area (Å²) in [7, 11) is 0. The van der Waals surface area contributed by atoms with Gasteiger partial charge in [-0.15, -0.1) is 0 Å². The van der Waals surface area contributed by atoms with Gasteiger partial charge in [-0.05, 0) is 11.8 Å². The zero-order chi connectivity index (χ0) is 11.3. The Morgan fingerprint density at radius 1 is 1.21 bits per heavy atom. The molecule has 0 unspecified atom stereocenters. The highest BCUT2D eigenvalue weighted by atomic mass is 16.4. The first-order valence-corrected chi connectivity index (χ1v) is 4.91. The van der Waals surface area contributed by atoms with Gasteiger partial charge in [0.05, 0.1) is 0 Å². The van der Waals surface area contributed by atoms with Crippen molar-refractivity contribution in [2.24, 2.45) is 11.8 Å². The molecule has 0 spiro atoms. The van der Waals surface area contributed by atoms with Crippen LogP contribution < -0.4 is 0 Å². The molecule has 0 amide bonds. The molecule has 4 heteroatoms. The summed E-state index contributed by atoms with van der Waals surface area (Å²) in [5.41, 5.74) is 0. The molecule has 0 aliphatic heterocycles. The van der Waals surface area contributed by atoms with Crippen molar-refractivity contribution in [3.8, 4) is 0 Å². The molecule has 4 nitrogen and oxygen atoms in total. The second-order valence-electron chi connectivity index (χ2n) is 4.35. The van der Waals surface area contributed by atoms with Crippen LogP contribution in [0, 0.1) is 17.2 Å². The highest BCUT2D eigenvalue weighted by molar-refractivity contribution is 6.32. The largest absolute Gasteiger partial charge is 0.475 e. The van der Waals surface area contributed by atoms with E-state index in [-0.39, 0.29) is 5.84 Å². The number of carboxylic acids is 1. The van der Waals surface area contributed by atoms with Crippen molar-refractivity contribution in [3.05, 3.63) is 0 Å². The summed E-state index contributed by atoms with van der Waals surface area (Å²) in [5, 5.41) is 16.1. The average molecular weight is 200 g/mol. The van der Waals surface area contributed by atoms with E-state index in [4.69, 9.17) is 10.5 Å². The maximum Gasteiger partial charge on any atom is 0.371 e. The van der Waals surface area contributed by atoms with Gasteiger partial charge >= 0.3 is 5.97 Å². The van der Waals surface area contributed by atoms with Crippen LogP contribution in [0.3, 0.4) is 0 Å². The number of nitrogens with zero attached hydrogens (tertiary/aromatic N) is 1. The number of aliphatic carboxylic acids is 1. The van der Waals surface area contributed by atoms with Gasteiger partial charge in [0.15, 0.2) is 0 Å². The highest BCUT2D eigenvalue weighted by Gasteiger charge is 2.18. The van der Waals surface area contributed by atoms with Crippen molar-refractivity contribution in [1.82, 2.24) is 4.90 Å². The molecule has 0 radical (unpaired) electrons. The summed E-state index contributed by atoms with van der Waals surface area (Å²) in [6.07, 6.45) is 0. The van der Waals surface area contributed by atoms with Crippen LogP contribution in [0.2, 0.25) is 0 Å². The molecule has 0 rings (SSSR count). The molecule has 2 N–H and O–H groups in total. The van der Waals surface area contributed by atoms with Gasteiger partial charge in [0.25, 0.3) is 0 Å². The fraction of sp³-hybridized carbons (Fsp3) is 0.800. The Morgan fingerprint density at radius 3 is 1.79 bits per heavy atom. The Kier molecular flexibility index (Phi) is 5.20. The van der Waals surface area contributed by atoms with Crippen LogP contribution in [-0.2, 0) is 4.79 Å². The third-order valence-electron chi connectivity index (χ3n) is 1.69. The van der Waals surface area contributed by atoms with Gasteiger partial charge in [0.1, 0.15) is 0 Å². The zero-order valence-electron chi connectivity index (χ0n) is 9.37. The van der Waals surface area contributed by atoms with E-state index in [1.165, 1.54) is 0 Å². The molecule has 0 saturated carbocycles. The Bertz CT molecular complexity index is 202. The van der Waals surface area contributed by atoms with Crippen LogP contribution in [0.4, 0.5) is 0 Å². The normalized spacial score (nSPS) is 10.7. The van der Waals surface area contributed by atoms with Crippen LogP contribution in [0.5, 0.6) is 0 Å². The molecular weight excluding hydrogens is 180 g/mol. The molecule has 0 saturated heterocycles. The molecule has 0 atom stereocenters. The van der Waals surface area contributed by atoms with Crippen LogP contribution in [0.1, 0.15) is 27.7 Å². The van der Waals surface area contributed by atoms with Crippen molar-refractivity contribution in [2.75, 3.05) is 13.1 Å².